The lowest BCUT2D eigenvalue weighted by Crippen LogP contribution is -2.00. The van der Waals surface area contributed by atoms with Crippen LogP contribution in [0.25, 0.3) is 22.7 Å². The molecule has 0 atom stereocenters. The first-order chi connectivity index (χ1) is 11.8. The number of benzene rings is 1. The average Bonchev–Trinajstić information content (AvgIpc) is 3.04. The first-order valence-electron chi connectivity index (χ1n) is 7.76. The summed E-state index contributed by atoms with van der Waals surface area (Å²) in [5, 5.41) is 3.35. The van der Waals surface area contributed by atoms with Crippen molar-refractivity contribution in [3.8, 4) is 11.5 Å². The molecular formula is C19H16N4O. The van der Waals surface area contributed by atoms with Crippen LogP contribution in [0.4, 0.5) is 5.69 Å². The largest absolute Gasteiger partial charge is 0.434 e. The summed E-state index contributed by atoms with van der Waals surface area (Å²) in [6.07, 6.45) is 1.79. The lowest BCUT2D eigenvalue weighted by molar-refractivity contribution is 0.619. The zero-order valence-corrected chi connectivity index (χ0v) is 13.2. The Morgan fingerprint density at radius 2 is 1.83 bits per heavy atom. The Hall–Kier alpha value is -3.21. The van der Waals surface area contributed by atoms with Gasteiger partial charge < -0.3 is 9.73 Å². The molecule has 3 heterocycles. The highest BCUT2D eigenvalue weighted by Gasteiger charge is 2.09. The summed E-state index contributed by atoms with van der Waals surface area (Å²) in [4.78, 5) is 13.1. The van der Waals surface area contributed by atoms with E-state index >= 15 is 0 Å². The Labute approximate surface area is 139 Å². The number of fused-ring (bicyclic) bond motifs is 1. The number of pyridine rings is 2. The predicted octanol–water partition coefficient (Wildman–Crippen LogP) is 4.21. The lowest BCUT2D eigenvalue weighted by atomic mass is 10.2. The maximum absolute atomic E-state index is 5.77. The van der Waals surface area contributed by atoms with Crippen LogP contribution in [0.1, 0.15) is 11.4 Å². The monoisotopic (exact) mass is 316 g/mol. The summed E-state index contributed by atoms with van der Waals surface area (Å²) in [5.41, 5.74) is 5.22. The number of hydrogen-bond acceptors (Lipinski definition) is 5. The smallest absolute Gasteiger partial charge is 0.228 e. The summed E-state index contributed by atoms with van der Waals surface area (Å²) in [5.74, 6) is 0.583. The maximum atomic E-state index is 5.77. The third-order valence-corrected chi connectivity index (χ3v) is 3.72. The first-order valence-corrected chi connectivity index (χ1v) is 7.76. The van der Waals surface area contributed by atoms with Gasteiger partial charge in [-0.15, -0.1) is 0 Å². The van der Waals surface area contributed by atoms with E-state index in [1.54, 1.807) is 6.20 Å². The summed E-state index contributed by atoms with van der Waals surface area (Å²) >= 11 is 0. The number of hydrogen-bond donors (Lipinski definition) is 1. The van der Waals surface area contributed by atoms with Gasteiger partial charge in [0.1, 0.15) is 0 Å². The van der Waals surface area contributed by atoms with E-state index in [1.807, 2.05) is 61.5 Å². The summed E-state index contributed by atoms with van der Waals surface area (Å²) in [7, 11) is 0. The molecule has 0 aliphatic rings. The Morgan fingerprint density at radius 3 is 2.62 bits per heavy atom. The van der Waals surface area contributed by atoms with E-state index in [1.165, 1.54) is 0 Å². The second kappa shape index (κ2) is 6.12. The molecule has 0 spiro atoms. The SMILES string of the molecule is Cc1ccc2oc(-c3ccc(NCc4ccccn4)cc3)nc2n1. The predicted molar refractivity (Wildman–Crippen MR) is 93.5 cm³/mol. The molecule has 4 rings (SSSR count). The molecule has 5 heteroatoms. The van der Waals surface area contributed by atoms with Gasteiger partial charge in [0.05, 0.1) is 12.2 Å². The first kappa shape index (κ1) is 14.4. The van der Waals surface area contributed by atoms with Gasteiger partial charge in [-0.3, -0.25) is 4.98 Å². The Bertz CT molecular complexity index is 962. The van der Waals surface area contributed by atoms with Crippen LogP contribution in [0.15, 0.2) is 65.2 Å². The Kier molecular flexibility index (Phi) is 3.67. The molecule has 24 heavy (non-hydrogen) atoms. The molecule has 118 valence electrons. The van der Waals surface area contributed by atoms with Crippen LogP contribution in [0, 0.1) is 6.92 Å². The molecule has 0 aliphatic carbocycles. The third kappa shape index (κ3) is 2.96. The van der Waals surface area contributed by atoms with Gasteiger partial charge in [-0.05, 0) is 55.5 Å². The molecule has 0 aliphatic heterocycles. The Morgan fingerprint density at radius 1 is 0.958 bits per heavy atom. The number of nitrogens with zero attached hydrogens (tertiary/aromatic N) is 3. The molecule has 0 saturated carbocycles. The van der Waals surface area contributed by atoms with E-state index in [4.69, 9.17) is 4.42 Å². The van der Waals surface area contributed by atoms with E-state index in [0.29, 0.717) is 23.7 Å². The molecule has 1 aromatic carbocycles. The number of aryl methyl sites for hydroxylation is 1. The van der Waals surface area contributed by atoms with Crippen molar-refractivity contribution in [3.05, 3.63) is 72.2 Å². The molecule has 0 bridgehead atoms. The molecule has 0 saturated heterocycles. The van der Waals surface area contributed by atoms with Gasteiger partial charge in [-0.25, -0.2) is 4.98 Å². The Balaban J connectivity index is 1.52. The van der Waals surface area contributed by atoms with Crippen molar-refractivity contribution in [3.63, 3.8) is 0 Å². The molecule has 0 radical (unpaired) electrons. The minimum Gasteiger partial charge on any atom is -0.434 e. The minimum atomic E-state index is 0.583. The second-order valence-corrected chi connectivity index (χ2v) is 5.55. The molecule has 1 N–H and O–H groups in total. The standard InChI is InChI=1S/C19H16N4O/c1-13-5-10-17-18(22-13)23-19(24-17)14-6-8-15(9-7-14)21-12-16-4-2-3-11-20-16/h2-11,21H,12H2,1H3. The lowest BCUT2D eigenvalue weighted by Gasteiger charge is -2.06. The molecule has 0 unspecified atom stereocenters. The van der Waals surface area contributed by atoms with Crippen molar-refractivity contribution >= 4 is 16.9 Å². The quantitative estimate of drug-likeness (QED) is 0.611. The van der Waals surface area contributed by atoms with E-state index in [0.717, 1.165) is 22.6 Å². The van der Waals surface area contributed by atoms with E-state index in [-0.39, 0.29) is 0 Å². The fourth-order valence-electron chi connectivity index (χ4n) is 2.46. The van der Waals surface area contributed by atoms with E-state index in [9.17, 15) is 0 Å². The molecule has 0 fully saturated rings. The van der Waals surface area contributed by atoms with E-state index in [2.05, 4.69) is 20.3 Å². The summed E-state index contributed by atoms with van der Waals surface area (Å²) in [6, 6.07) is 17.7. The van der Waals surface area contributed by atoms with Gasteiger partial charge >= 0.3 is 0 Å². The van der Waals surface area contributed by atoms with Crippen molar-refractivity contribution in [2.45, 2.75) is 13.5 Å². The number of aromatic nitrogens is 3. The van der Waals surface area contributed by atoms with Gasteiger partial charge in [0.25, 0.3) is 0 Å². The minimum absolute atomic E-state index is 0.583. The van der Waals surface area contributed by atoms with E-state index < -0.39 is 0 Å². The number of anilines is 1. The number of nitrogens with one attached hydrogen (secondary N) is 1. The van der Waals surface area contributed by atoms with Crippen LogP contribution in [0.2, 0.25) is 0 Å². The van der Waals surface area contributed by atoms with Crippen molar-refractivity contribution in [1.29, 1.82) is 0 Å². The number of rotatable bonds is 4. The average molecular weight is 316 g/mol. The fourth-order valence-corrected chi connectivity index (χ4v) is 2.46. The second-order valence-electron chi connectivity index (χ2n) is 5.55. The molecule has 5 nitrogen and oxygen atoms in total. The zero-order chi connectivity index (χ0) is 16.4. The molecule has 0 amide bonds. The van der Waals surface area contributed by atoms with Crippen molar-refractivity contribution in [2.24, 2.45) is 0 Å². The maximum Gasteiger partial charge on any atom is 0.228 e. The van der Waals surface area contributed by atoms with Crippen LogP contribution in [-0.4, -0.2) is 15.0 Å². The molecular weight excluding hydrogens is 300 g/mol. The van der Waals surface area contributed by atoms with Gasteiger partial charge in [-0.1, -0.05) is 6.07 Å². The van der Waals surface area contributed by atoms with Crippen LogP contribution in [-0.2, 0) is 6.54 Å². The number of oxazole rings is 1. The zero-order valence-electron chi connectivity index (χ0n) is 13.2. The fraction of sp³-hybridized carbons (Fsp3) is 0.105. The van der Waals surface area contributed by atoms with Crippen LogP contribution < -0.4 is 5.32 Å². The molecule has 3 aromatic heterocycles. The van der Waals surface area contributed by atoms with Crippen LogP contribution in [0.3, 0.4) is 0 Å². The van der Waals surface area contributed by atoms with Crippen molar-refractivity contribution in [1.82, 2.24) is 15.0 Å². The summed E-state index contributed by atoms with van der Waals surface area (Å²) < 4.78 is 5.77. The highest BCUT2D eigenvalue weighted by atomic mass is 16.3. The topological polar surface area (TPSA) is 63.8 Å². The normalized spacial score (nSPS) is 10.9. The third-order valence-electron chi connectivity index (χ3n) is 3.72. The van der Waals surface area contributed by atoms with Gasteiger partial charge in [0, 0.05) is 23.1 Å². The highest BCUT2D eigenvalue weighted by molar-refractivity contribution is 5.72. The van der Waals surface area contributed by atoms with Gasteiger partial charge in [-0.2, -0.15) is 4.98 Å². The molecule has 4 aromatic rings. The van der Waals surface area contributed by atoms with Crippen LogP contribution >= 0.6 is 0 Å². The summed E-state index contributed by atoms with van der Waals surface area (Å²) in [6.45, 7) is 2.63. The van der Waals surface area contributed by atoms with Gasteiger partial charge in [0.2, 0.25) is 5.89 Å². The van der Waals surface area contributed by atoms with Gasteiger partial charge in [0.15, 0.2) is 11.2 Å². The van der Waals surface area contributed by atoms with Crippen molar-refractivity contribution in [2.75, 3.05) is 5.32 Å². The van der Waals surface area contributed by atoms with Crippen molar-refractivity contribution < 1.29 is 4.42 Å². The van der Waals surface area contributed by atoms with Crippen LogP contribution in [0.5, 0.6) is 0 Å². The highest BCUT2D eigenvalue weighted by Crippen LogP contribution is 2.24.